The Hall–Kier alpha value is -1.47. The molecule has 2 rings (SSSR count). The van der Waals surface area contributed by atoms with Crippen LogP contribution >= 0.6 is 0 Å². The van der Waals surface area contributed by atoms with Gasteiger partial charge in [-0.15, -0.1) is 0 Å². The summed E-state index contributed by atoms with van der Waals surface area (Å²) in [6.45, 7) is 1.30. The van der Waals surface area contributed by atoms with Crippen molar-refractivity contribution < 1.29 is 20.4 Å². The van der Waals surface area contributed by atoms with Gasteiger partial charge in [0.15, 0.2) is 0 Å². The molecular weight excluding hydrogens is 236 g/mol. The molecule has 0 saturated carbocycles. The number of fused-ring (bicyclic) bond motifs is 1. The zero-order chi connectivity index (χ0) is 13.3. The number of nitrogens with one attached hydrogen (secondary N) is 1. The van der Waals surface area contributed by atoms with Gasteiger partial charge in [-0.2, -0.15) is 0 Å². The smallest absolute Gasteiger partial charge is 0.140 e. The minimum atomic E-state index is -1.49. The highest BCUT2D eigenvalue weighted by Gasteiger charge is 2.27. The third-order valence-corrected chi connectivity index (χ3v) is 2.84. The first kappa shape index (κ1) is 13.0. The Morgan fingerprint density at radius 2 is 2.00 bits per heavy atom. The van der Waals surface area contributed by atoms with E-state index in [0.29, 0.717) is 5.52 Å². The number of hydrogen-bond acceptors (Lipinski definition) is 5. The van der Waals surface area contributed by atoms with Crippen molar-refractivity contribution >= 4 is 11.0 Å². The quantitative estimate of drug-likeness (QED) is 0.509. The number of nitrogens with zero attached hydrogens (tertiary/aromatic N) is 1. The molecular formula is C12H16N2O4. The normalized spacial score (nSPS) is 16.7. The van der Waals surface area contributed by atoms with E-state index in [1.165, 1.54) is 0 Å². The molecule has 1 aromatic carbocycles. The molecule has 3 atom stereocenters. The maximum absolute atomic E-state index is 9.85. The molecule has 98 valence electrons. The minimum Gasteiger partial charge on any atom is -0.394 e. The lowest BCUT2D eigenvalue weighted by Crippen LogP contribution is -2.35. The molecule has 0 spiro atoms. The second-order valence-electron chi connectivity index (χ2n) is 4.33. The highest BCUT2D eigenvalue weighted by molar-refractivity contribution is 5.75. The standard InChI is InChI=1S/C12H16N2O4/c1-6-2-3-7-8(4-6)14-12(13-7)11(18)10(17)9(16)5-15/h2-4,9-11,15-18H,5H2,1H3,(H,13,14)/t9-,10+,11+/m0/s1. The molecule has 0 aliphatic carbocycles. The Labute approximate surface area is 104 Å². The van der Waals surface area contributed by atoms with Gasteiger partial charge in [-0.3, -0.25) is 0 Å². The highest BCUT2D eigenvalue weighted by atomic mass is 16.4. The van der Waals surface area contributed by atoms with Crippen molar-refractivity contribution in [1.82, 2.24) is 9.97 Å². The number of aromatic amines is 1. The maximum atomic E-state index is 9.85. The number of imidazole rings is 1. The zero-order valence-electron chi connectivity index (χ0n) is 9.91. The van der Waals surface area contributed by atoms with Crippen LogP contribution in [0.3, 0.4) is 0 Å². The summed E-state index contributed by atoms with van der Waals surface area (Å²) >= 11 is 0. The lowest BCUT2D eigenvalue weighted by molar-refractivity contribution is -0.0800. The van der Waals surface area contributed by atoms with Crippen LogP contribution in [0.2, 0.25) is 0 Å². The summed E-state index contributed by atoms with van der Waals surface area (Å²) in [4.78, 5) is 7.02. The van der Waals surface area contributed by atoms with E-state index < -0.39 is 24.9 Å². The number of benzene rings is 1. The average molecular weight is 252 g/mol. The van der Waals surface area contributed by atoms with E-state index in [2.05, 4.69) is 9.97 Å². The molecule has 18 heavy (non-hydrogen) atoms. The Kier molecular flexibility index (Phi) is 3.63. The van der Waals surface area contributed by atoms with Gasteiger partial charge in [0.1, 0.15) is 24.1 Å². The van der Waals surface area contributed by atoms with Gasteiger partial charge in [0, 0.05) is 0 Å². The molecule has 0 fully saturated rings. The van der Waals surface area contributed by atoms with Crippen LogP contribution in [0, 0.1) is 6.92 Å². The molecule has 1 heterocycles. The first-order chi connectivity index (χ1) is 8.52. The Balaban J connectivity index is 2.30. The summed E-state index contributed by atoms with van der Waals surface area (Å²) in [5.74, 6) is 0.163. The van der Waals surface area contributed by atoms with Crippen LogP contribution in [0.5, 0.6) is 0 Å². The molecule has 0 amide bonds. The van der Waals surface area contributed by atoms with Crippen molar-refractivity contribution in [2.75, 3.05) is 6.61 Å². The molecule has 0 aliphatic heterocycles. The molecule has 5 N–H and O–H groups in total. The van der Waals surface area contributed by atoms with Gasteiger partial charge in [0.25, 0.3) is 0 Å². The van der Waals surface area contributed by atoms with Crippen molar-refractivity contribution in [3.8, 4) is 0 Å². The number of aliphatic hydroxyl groups is 4. The topological polar surface area (TPSA) is 110 Å². The molecule has 1 aromatic heterocycles. The number of aromatic nitrogens is 2. The average Bonchev–Trinajstić information content (AvgIpc) is 2.78. The summed E-state index contributed by atoms with van der Waals surface area (Å²) in [5.41, 5.74) is 2.46. The molecule has 6 heteroatoms. The molecule has 0 unspecified atom stereocenters. The van der Waals surface area contributed by atoms with Crippen molar-refractivity contribution in [2.24, 2.45) is 0 Å². The van der Waals surface area contributed by atoms with Crippen molar-refractivity contribution in [3.05, 3.63) is 29.6 Å². The van der Waals surface area contributed by atoms with Crippen LogP contribution in [0.1, 0.15) is 17.5 Å². The zero-order valence-corrected chi connectivity index (χ0v) is 9.91. The first-order valence-corrected chi connectivity index (χ1v) is 5.64. The van der Waals surface area contributed by atoms with E-state index >= 15 is 0 Å². The maximum Gasteiger partial charge on any atom is 0.140 e. The van der Waals surface area contributed by atoms with Crippen molar-refractivity contribution in [2.45, 2.75) is 25.2 Å². The van der Waals surface area contributed by atoms with Crippen LogP contribution in [-0.2, 0) is 0 Å². The monoisotopic (exact) mass is 252 g/mol. The molecule has 0 saturated heterocycles. The largest absolute Gasteiger partial charge is 0.394 e. The van der Waals surface area contributed by atoms with Crippen LogP contribution in [0.15, 0.2) is 18.2 Å². The van der Waals surface area contributed by atoms with E-state index in [4.69, 9.17) is 5.11 Å². The van der Waals surface area contributed by atoms with Gasteiger partial charge < -0.3 is 25.4 Å². The summed E-state index contributed by atoms with van der Waals surface area (Å²) in [6, 6.07) is 5.55. The summed E-state index contributed by atoms with van der Waals surface area (Å²) < 4.78 is 0. The summed E-state index contributed by atoms with van der Waals surface area (Å²) in [7, 11) is 0. The number of H-pyrrole nitrogens is 1. The lowest BCUT2D eigenvalue weighted by atomic mass is 10.1. The number of aliphatic hydroxyl groups excluding tert-OH is 4. The first-order valence-electron chi connectivity index (χ1n) is 5.64. The van der Waals surface area contributed by atoms with Gasteiger partial charge in [-0.05, 0) is 24.6 Å². The van der Waals surface area contributed by atoms with E-state index in [1.807, 2.05) is 19.1 Å². The highest BCUT2D eigenvalue weighted by Crippen LogP contribution is 2.20. The van der Waals surface area contributed by atoms with Crippen molar-refractivity contribution in [1.29, 1.82) is 0 Å². The molecule has 6 nitrogen and oxygen atoms in total. The molecule has 2 aromatic rings. The van der Waals surface area contributed by atoms with Crippen LogP contribution in [0.4, 0.5) is 0 Å². The Morgan fingerprint density at radius 1 is 1.28 bits per heavy atom. The molecule has 0 aliphatic rings. The predicted molar refractivity (Wildman–Crippen MR) is 64.9 cm³/mol. The molecule has 0 radical (unpaired) electrons. The summed E-state index contributed by atoms with van der Waals surface area (Å²) in [5, 5.41) is 37.4. The third kappa shape index (κ3) is 2.37. The van der Waals surface area contributed by atoms with Gasteiger partial charge in [0.05, 0.1) is 17.6 Å². The fourth-order valence-electron chi connectivity index (χ4n) is 1.76. The van der Waals surface area contributed by atoms with E-state index in [9.17, 15) is 15.3 Å². The van der Waals surface area contributed by atoms with Crippen LogP contribution < -0.4 is 0 Å². The van der Waals surface area contributed by atoms with Gasteiger partial charge in [0.2, 0.25) is 0 Å². The summed E-state index contributed by atoms with van der Waals surface area (Å²) in [6.07, 6.45) is -4.27. The number of aryl methyl sites for hydroxylation is 1. The fourth-order valence-corrected chi connectivity index (χ4v) is 1.76. The predicted octanol–water partition coefficient (Wildman–Crippen LogP) is -0.381. The number of rotatable bonds is 4. The minimum absolute atomic E-state index is 0.163. The van der Waals surface area contributed by atoms with Crippen LogP contribution in [0.25, 0.3) is 11.0 Å². The molecule has 0 bridgehead atoms. The third-order valence-electron chi connectivity index (χ3n) is 2.84. The fraction of sp³-hybridized carbons (Fsp3) is 0.417. The Morgan fingerprint density at radius 3 is 2.67 bits per heavy atom. The van der Waals surface area contributed by atoms with Gasteiger partial charge in [-0.25, -0.2) is 4.98 Å². The van der Waals surface area contributed by atoms with E-state index in [0.717, 1.165) is 11.1 Å². The van der Waals surface area contributed by atoms with E-state index in [1.54, 1.807) is 6.07 Å². The van der Waals surface area contributed by atoms with Gasteiger partial charge in [-0.1, -0.05) is 6.07 Å². The van der Waals surface area contributed by atoms with Crippen molar-refractivity contribution in [3.63, 3.8) is 0 Å². The SMILES string of the molecule is Cc1ccc2nc([C@H](O)[C@H](O)[C@@H](O)CO)[nH]c2c1. The second-order valence-corrected chi connectivity index (χ2v) is 4.33. The Bertz CT molecular complexity index is 540. The van der Waals surface area contributed by atoms with E-state index in [-0.39, 0.29) is 5.82 Å². The van der Waals surface area contributed by atoms with Crippen LogP contribution in [-0.4, -0.2) is 49.2 Å². The second kappa shape index (κ2) is 5.03. The lowest BCUT2D eigenvalue weighted by Gasteiger charge is -2.19. The number of hydrogen-bond donors (Lipinski definition) is 5. The van der Waals surface area contributed by atoms with Gasteiger partial charge >= 0.3 is 0 Å².